The van der Waals surface area contributed by atoms with Crippen LogP contribution in [0.5, 0.6) is 0 Å². The van der Waals surface area contributed by atoms with Crippen LogP contribution in [0.1, 0.15) is 5.69 Å². The van der Waals surface area contributed by atoms with Gasteiger partial charge in [0.05, 0.1) is 12.7 Å². The molecular formula is C10H17N5O2. The molecule has 94 valence electrons. The summed E-state index contributed by atoms with van der Waals surface area (Å²) in [6.45, 7) is 0.589. The fourth-order valence-electron chi connectivity index (χ4n) is 1.33. The van der Waals surface area contributed by atoms with Crippen LogP contribution in [0.2, 0.25) is 0 Å². The third kappa shape index (κ3) is 3.97. The van der Waals surface area contributed by atoms with Gasteiger partial charge in [0.25, 0.3) is 0 Å². The van der Waals surface area contributed by atoms with Crippen molar-refractivity contribution in [3.8, 4) is 0 Å². The van der Waals surface area contributed by atoms with Gasteiger partial charge in [0.1, 0.15) is 11.5 Å². The number of aliphatic hydroxyl groups is 1. The number of likely N-dealkylation sites (N-methyl/N-ethyl adjacent to an activating group) is 1. The predicted molar refractivity (Wildman–Crippen MR) is 64.2 cm³/mol. The molecule has 17 heavy (non-hydrogen) atoms. The van der Waals surface area contributed by atoms with E-state index in [0.717, 1.165) is 0 Å². The van der Waals surface area contributed by atoms with Crippen LogP contribution in [0, 0.1) is 5.41 Å². The van der Waals surface area contributed by atoms with E-state index >= 15 is 0 Å². The molecule has 4 N–H and O–H groups in total. The third-order valence-electron chi connectivity index (χ3n) is 2.10. The van der Waals surface area contributed by atoms with Crippen LogP contribution in [-0.4, -0.2) is 54.3 Å². The number of nitrogens with one attached hydrogen (secondary N) is 1. The Bertz CT molecular complexity index is 385. The summed E-state index contributed by atoms with van der Waals surface area (Å²) in [7, 11) is 3.27. The summed E-state index contributed by atoms with van der Waals surface area (Å²) in [5.74, 6) is 0.298. The number of methoxy groups -OCH3 is 1. The molecule has 0 amide bonds. The largest absolute Gasteiger partial charge is 0.389 e. The van der Waals surface area contributed by atoms with Gasteiger partial charge in [0, 0.05) is 26.9 Å². The zero-order valence-corrected chi connectivity index (χ0v) is 9.92. The molecule has 7 heteroatoms. The number of anilines is 1. The maximum absolute atomic E-state index is 9.57. The van der Waals surface area contributed by atoms with E-state index in [1.807, 2.05) is 0 Å². The molecule has 0 saturated carbocycles. The SMILES string of the molecule is COCC(O)CN(C)c1nccc(C(=N)N)n1. The van der Waals surface area contributed by atoms with Crippen molar-refractivity contribution in [3.63, 3.8) is 0 Å². The molecule has 1 unspecified atom stereocenters. The standard InChI is InChI=1S/C10H17N5O2/c1-15(5-7(16)6-17-2)10-13-4-3-8(14-10)9(11)12/h3-4,7,16H,5-6H2,1-2H3,(H3,11,12). The highest BCUT2D eigenvalue weighted by Gasteiger charge is 2.11. The van der Waals surface area contributed by atoms with Crippen molar-refractivity contribution in [1.29, 1.82) is 5.41 Å². The van der Waals surface area contributed by atoms with E-state index in [2.05, 4.69) is 9.97 Å². The first-order valence-electron chi connectivity index (χ1n) is 5.10. The Kier molecular flexibility index (Phi) is 4.80. The number of hydrogen-bond acceptors (Lipinski definition) is 6. The van der Waals surface area contributed by atoms with Gasteiger partial charge in [-0.1, -0.05) is 0 Å². The minimum absolute atomic E-state index is 0.112. The second-order valence-electron chi connectivity index (χ2n) is 3.65. The average molecular weight is 239 g/mol. The molecule has 0 aromatic carbocycles. The van der Waals surface area contributed by atoms with Gasteiger partial charge in [-0.3, -0.25) is 5.41 Å². The number of ether oxygens (including phenoxy) is 1. The quantitative estimate of drug-likeness (QED) is 0.443. The number of nitrogens with zero attached hydrogens (tertiary/aromatic N) is 3. The first kappa shape index (κ1) is 13.3. The second-order valence-corrected chi connectivity index (χ2v) is 3.65. The number of amidine groups is 1. The molecule has 0 aliphatic heterocycles. The van der Waals surface area contributed by atoms with Gasteiger partial charge in [0.2, 0.25) is 5.95 Å². The van der Waals surface area contributed by atoms with E-state index in [1.165, 1.54) is 13.3 Å². The highest BCUT2D eigenvalue weighted by atomic mass is 16.5. The highest BCUT2D eigenvalue weighted by molar-refractivity contribution is 5.93. The van der Waals surface area contributed by atoms with Gasteiger partial charge >= 0.3 is 0 Å². The van der Waals surface area contributed by atoms with Gasteiger partial charge < -0.3 is 20.5 Å². The van der Waals surface area contributed by atoms with Gasteiger partial charge in [-0.2, -0.15) is 0 Å². The van der Waals surface area contributed by atoms with Gasteiger partial charge in [-0.25, -0.2) is 9.97 Å². The van der Waals surface area contributed by atoms with E-state index < -0.39 is 6.10 Å². The molecule has 1 atom stereocenters. The number of nitrogens with two attached hydrogens (primary N) is 1. The minimum atomic E-state index is -0.616. The number of aliphatic hydroxyl groups excluding tert-OH is 1. The third-order valence-corrected chi connectivity index (χ3v) is 2.10. The van der Waals surface area contributed by atoms with Crippen molar-refractivity contribution in [2.75, 3.05) is 32.2 Å². The first-order chi connectivity index (χ1) is 8.04. The molecule has 0 saturated heterocycles. The van der Waals surface area contributed by atoms with E-state index in [1.54, 1.807) is 18.0 Å². The van der Waals surface area contributed by atoms with Gasteiger partial charge in [-0.05, 0) is 6.07 Å². The van der Waals surface area contributed by atoms with Crippen LogP contribution < -0.4 is 10.6 Å². The molecule has 0 fully saturated rings. The lowest BCUT2D eigenvalue weighted by Crippen LogP contribution is -2.33. The van der Waals surface area contributed by atoms with E-state index in [4.69, 9.17) is 15.9 Å². The van der Waals surface area contributed by atoms with Crippen molar-refractivity contribution in [1.82, 2.24) is 9.97 Å². The Morgan fingerprint density at radius 3 is 3.00 bits per heavy atom. The summed E-state index contributed by atoms with van der Waals surface area (Å²) >= 11 is 0. The number of aromatic nitrogens is 2. The van der Waals surface area contributed by atoms with Crippen LogP contribution in [0.4, 0.5) is 5.95 Å². The topological polar surface area (TPSA) is 108 Å². The first-order valence-corrected chi connectivity index (χ1v) is 5.10. The number of hydrogen-bond donors (Lipinski definition) is 3. The van der Waals surface area contributed by atoms with Gasteiger partial charge in [-0.15, -0.1) is 0 Å². The lowest BCUT2D eigenvalue weighted by molar-refractivity contribution is 0.0693. The zero-order chi connectivity index (χ0) is 12.8. The Morgan fingerprint density at radius 2 is 2.41 bits per heavy atom. The van der Waals surface area contributed by atoms with Crippen molar-refractivity contribution < 1.29 is 9.84 Å². The average Bonchev–Trinajstić information content (AvgIpc) is 2.29. The van der Waals surface area contributed by atoms with Crippen molar-refractivity contribution in [3.05, 3.63) is 18.0 Å². The number of nitrogen functional groups attached to an aromatic ring is 1. The fourth-order valence-corrected chi connectivity index (χ4v) is 1.33. The Morgan fingerprint density at radius 1 is 1.71 bits per heavy atom. The normalized spacial score (nSPS) is 12.2. The molecule has 0 bridgehead atoms. The van der Waals surface area contributed by atoms with Crippen molar-refractivity contribution in [2.45, 2.75) is 6.10 Å². The van der Waals surface area contributed by atoms with Crippen molar-refractivity contribution in [2.24, 2.45) is 5.73 Å². The van der Waals surface area contributed by atoms with Crippen LogP contribution in [0.25, 0.3) is 0 Å². The maximum Gasteiger partial charge on any atom is 0.225 e. The maximum atomic E-state index is 9.57. The summed E-state index contributed by atoms with van der Waals surface area (Å²) in [4.78, 5) is 9.82. The summed E-state index contributed by atoms with van der Waals surface area (Å²) < 4.78 is 4.83. The lowest BCUT2D eigenvalue weighted by Gasteiger charge is -2.20. The summed E-state index contributed by atoms with van der Waals surface area (Å²) in [5, 5.41) is 16.9. The smallest absolute Gasteiger partial charge is 0.225 e. The Hall–Kier alpha value is -1.73. The lowest BCUT2D eigenvalue weighted by atomic mass is 10.3. The molecule has 0 radical (unpaired) electrons. The molecule has 0 aliphatic rings. The van der Waals surface area contributed by atoms with Crippen molar-refractivity contribution >= 4 is 11.8 Å². The monoisotopic (exact) mass is 239 g/mol. The molecule has 7 nitrogen and oxygen atoms in total. The van der Waals surface area contributed by atoms with E-state index in [0.29, 0.717) is 18.2 Å². The van der Waals surface area contributed by atoms with Gasteiger partial charge in [0.15, 0.2) is 0 Å². The summed E-state index contributed by atoms with van der Waals surface area (Å²) in [5.41, 5.74) is 5.70. The molecule has 1 rings (SSSR count). The second kappa shape index (κ2) is 6.12. The van der Waals surface area contributed by atoms with Crippen LogP contribution in [-0.2, 0) is 4.74 Å². The predicted octanol–water partition coefficient (Wildman–Crippen LogP) is -0.796. The van der Waals surface area contributed by atoms with E-state index in [9.17, 15) is 5.11 Å². The summed E-state index contributed by atoms with van der Waals surface area (Å²) in [6.07, 6.45) is 0.910. The van der Waals surface area contributed by atoms with Crippen LogP contribution in [0.15, 0.2) is 12.3 Å². The molecule has 1 aromatic heterocycles. The molecule has 1 heterocycles. The summed E-state index contributed by atoms with van der Waals surface area (Å²) in [6, 6.07) is 1.56. The highest BCUT2D eigenvalue weighted by Crippen LogP contribution is 2.06. The fraction of sp³-hybridized carbons (Fsp3) is 0.500. The zero-order valence-electron chi connectivity index (χ0n) is 9.92. The minimum Gasteiger partial charge on any atom is -0.389 e. The number of rotatable bonds is 6. The van der Waals surface area contributed by atoms with Crippen LogP contribution in [0.3, 0.4) is 0 Å². The molecule has 0 aliphatic carbocycles. The molecular weight excluding hydrogens is 222 g/mol. The molecule has 1 aromatic rings. The molecule has 0 spiro atoms. The Labute approximate surface area is 99.8 Å². The van der Waals surface area contributed by atoms with E-state index in [-0.39, 0.29) is 12.4 Å². The van der Waals surface area contributed by atoms with Crippen LogP contribution >= 0.6 is 0 Å². The Balaban J connectivity index is 2.71.